The summed E-state index contributed by atoms with van der Waals surface area (Å²) in [5.41, 5.74) is 0.0211. The zero-order valence-electron chi connectivity index (χ0n) is 14.8. The molecule has 1 rings (SSSR count). The van der Waals surface area contributed by atoms with Crippen molar-refractivity contribution < 1.29 is 19.1 Å². The lowest BCUT2D eigenvalue weighted by Crippen LogP contribution is -2.41. The average Bonchev–Trinajstić information content (AvgIpc) is 2.45. The van der Waals surface area contributed by atoms with Gasteiger partial charge in [-0.1, -0.05) is 49.0 Å². The number of rotatable bonds is 6. The number of nitrogens with one attached hydrogen (secondary N) is 1. The second kappa shape index (κ2) is 8.87. The van der Waals surface area contributed by atoms with Gasteiger partial charge in [-0.15, -0.1) is 0 Å². The number of benzene rings is 1. The molecule has 6 heteroatoms. The van der Waals surface area contributed by atoms with Crippen molar-refractivity contribution in [3.63, 3.8) is 0 Å². The Morgan fingerprint density at radius 3 is 2.21 bits per heavy atom. The van der Waals surface area contributed by atoms with Crippen molar-refractivity contribution in [2.75, 3.05) is 5.75 Å². The van der Waals surface area contributed by atoms with Crippen LogP contribution in [-0.2, 0) is 14.3 Å². The monoisotopic (exact) mass is 351 g/mol. The maximum atomic E-state index is 12.4. The molecule has 0 aliphatic carbocycles. The minimum absolute atomic E-state index is 0.255. The predicted molar refractivity (Wildman–Crippen MR) is 95.9 cm³/mol. The number of ketones is 1. The zero-order valence-corrected chi connectivity index (χ0v) is 15.6. The number of alkyl carbamates (subject to hydrolysis) is 1. The standard InChI is InChI=1S/C18H25NO4S/c1-6-24-16(21)14(12(2)20)15(13-10-8-7-9-11-13)19-17(22)23-18(3,4)5/h7-11,14-15H,6H2,1-5H3,(H,19,22)/t14-,15+/m0/s1. The van der Waals surface area contributed by atoms with E-state index in [1.54, 1.807) is 45.0 Å². The summed E-state index contributed by atoms with van der Waals surface area (Å²) in [6, 6.07) is 8.23. The lowest BCUT2D eigenvalue weighted by Gasteiger charge is -2.27. The second-order valence-electron chi connectivity index (χ2n) is 6.37. The van der Waals surface area contributed by atoms with Gasteiger partial charge in [0.25, 0.3) is 0 Å². The Kier molecular flexibility index (Phi) is 7.48. The summed E-state index contributed by atoms with van der Waals surface area (Å²) in [6.45, 7) is 8.48. The maximum Gasteiger partial charge on any atom is 0.408 e. The van der Waals surface area contributed by atoms with Crippen molar-refractivity contribution in [3.8, 4) is 0 Å². The summed E-state index contributed by atoms with van der Waals surface area (Å²) in [5, 5.41) is 2.44. The summed E-state index contributed by atoms with van der Waals surface area (Å²) in [4.78, 5) is 36.7. The van der Waals surface area contributed by atoms with Crippen molar-refractivity contribution in [1.29, 1.82) is 0 Å². The molecule has 0 aromatic heterocycles. The van der Waals surface area contributed by atoms with E-state index >= 15 is 0 Å². The van der Waals surface area contributed by atoms with E-state index in [0.29, 0.717) is 11.3 Å². The summed E-state index contributed by atoms with van der Waals surface area (Å²) < 4.78 is 5.28. The summed E-state index contributed by atoms with van der Waals surface area (Å²) >= 11 is 1.08. The highest BCUT2D eigenvalue weighted by Gasteiger charge is 2.35. The number of carbonyl (C=O) groups excluding carboxylic acids is 3. The van der Waals surface area contributed by atoms with Gasteiger partial charge < -0.3 is 10.1 Å². The van der Waals surface area contributed by atoms with Gasteiger partial charge in [0.1, 0.15) is 17.3 Å². The van der Waals surface area contributed by atoms with E-state index in [-0.39, 0.29) is 10.9 Å². The molecule has 0 saturated carbocycles. The molecule has 0 spiro atoms. The molecule has 0 aliphatic rings. The lowest BCUT2D eigenvalue weighted by molar-refractivity contribution is -0.128. The normalized spacial score (nSPS) is 13.7. The Balaban J connectivity index is 3.15. The molecule has 0 unspecified atom stereocenters. The van der Waals surface area contributed by atoms with Gasteiger partial charge in [0, 0.05) is 0 Å². The molecule has 24 heavy (non-hydrogen) atoms. The Bertz CT molecular complexity index is 580. The summed E-state index contributed by atoms with van der Waals surface area (Å²) in [5.74, 6) is -0.674. The third-order valence-electron chi connectivity index (χ3n) is 3.14. The highest BCUT2D eigenvalue weighted by molar-refractivity contribution is 8.13. The van der Waals surface area contributed by atoms with Crippen molar-refractivity contribution in [2.24, 2.45) is 5.92 Å². The molecule has 0 heterocycles. The second-order valence-corrected chi connectivity index (χ2v) is 7.64. The van der Waals surface area contributed by atoms with Gasteiger partial charge in [-0.3, -0.25) is 9.59 Å². The first-order valence-corrected chi connectivity index (χ1v) is 8.85. The number of thioether (sulfide) groups is 1. The first kappa shape index (κ1) is 20.2. The number of hydrogen-bond donors (Lipinski definition) is 1. The maximum absolute atomic E-state index is 12.4. The molecule has 0 radical (unpaired) electrons. The highest BCUT2D eigenvalue weighted by Crippen LogP contribution is 2.28. The van der Waals surface area contributed by atoms with Crippen LogP contribution in [0.25, 0.3) is 0 Å². The Hall–Kier alpha value is -1.82. The Morgan fingerprint density at radius 1 is 1.17 bits per heavy atom. The van der Waals surface area contributed by atoms with Crippen molar-refractivity contribution in [3.05, 3.63) is 35.9 Å². The molecule has 1 aromatic carbocycles. The fraction of sp³-hybridized carbons (Fsp3) is 0.500. The van der Waals surface area contributed by atoms with Gasteiger partial charge in [0.15, 0.2) is 0 Å². The minimum Gasteiger partial charge on any atom is -0.444 e. The van der Waals surface area contributed by atoms with Crippen LogP contribution in [-0.4, -0.2) is 28.3 Å². The van der Waals surface area contributed by atoms with E-state index in [9.17, 15) is 14.4 Å². The van der Waals surface area contributed by atoms with E-state index in [4.69, 9.17) is 4.74 Å². The molecule has 0 aliphatic heterocycles. The number of carbonyl (C=O) groups is 3. The molecule has 1 amide bonds. The van der Waals surface area contributed by atoms with Crippen molar-refractivity contribution in [2.45, 2.75) is 46.3 Å². The number of hydrogen-bond acceptors (Lipinski definition) is 5. The molecular formula is C18H25NO4S. The average molecular weight is 351 g/mol. The van der Waals surface area contributed by atoms with Crippen LogP contribution in [0.1, 0.15) is 46.2 Å². The van der Waals surface area contributed by atoms with E-state index in [0.717, 1.165) is 11.8 Å². The van der Waals surface area contributed by atoms with Gasteiger partial charge >= 0.3 is 6.09 Å². The fourth-order valence-electron chi connectivity index (χ4n) is 2.22. The van der Waals surface area contributed by atoms with E-state index in [1.807, 2.05) is 13.0 Å². The molecule has 0 saturated heterocycles. The Labute approximate surface area is 147 Å². The first-order chi connectivity index (χ1) is 11.2. The number of amides is 1. The topological polar surface area (TPSA) is 72.5 Å². The summed E-state index contributed by atoms with van der Waals surface area (Å²) in [6.07, 6.45) is -0.656. The molecule has 0 bridgehead atoms. The van der Waals surface area contributed by atoms with Crippen LogP contribution in [0.5, 0.6) is 0 Å². The molecule has 5 nitrogen and oxygen atoms in total. The largest absolute Gasteiger partial charge is 0.444 e. The van der Waals surface area contributed by atoms with Gasteiger partial charge in [0.2, 0.25) is 5.12 Å². The molecule has 1 aromatic rings. The van der Waals surface area contributed by atoms with E-state index in [2.05, 4.69) is 5.32 Å². The lowest BCUT2D eigenvalue weighted by atomic mass is 9.91. The van der Waals surface area contributed by atoms with Crippen LogP contribution in [0.3, 0.4) is 0 Å². The smallest absolute Gasteiger partial charge is 0.408 e. The molecule has 0 fully saturated rings. The van der Waals surface area contributed by atoms with Crippen molar-refractivity contribution >= 4 is 28.8 Å². The minimum atomic E-state index is -0.954. The molecule has 1 N–H and O–H groups in total. The van der Waals surface area contributed by atoms with Crippen LogP contribution in [0.15, 0.2) is 30.3 Å². The van der Waals surface area contributed by atoms with Crippen molar-refractivity contribution in [1.82, 2.24) is 5.32 Å². The first-order valence-electron chi connectivity index (χ1n) is 7.87. The Morgan fingerprint density at radius 2 is 1.75 bits per heavy atom. The summed E-state index contributed by atoms with van der Waals surface area (Å²) in [7, 11) is 0. The van der Waals surface area contributed by atoms with Gasteiger partial charge in [0.05, 0.1) is 6.04 Å². The van der Waals surface area contributed by atoms with Gasteiger partial charge in [-0.05, 0) is 39.0 Å². The molecular weight excluding hydrogens is 326 g/mol. The SMILES string of the molecule is CCSC(=O)[C@@H](C(C)=O)[C@H](NC(=O)OC(C)(C)C)c1ccccc1. The quantitative estimate of drug-likeness (QED) is 0.791. The van der Waals surface area contributed by atoms with E-state index < -0.39 is 23.7 Å². The third-order valence-corrected chi connectivity index (χ3v) is 3.97. The van der Waals surface area contributed by atoms with Crippen LogP contribution >= 0.6 is 11.8 Å². The number of Topliss-reactive ketones (excluding diaryl/α,β-unsaturated/α-hetero) is 1. The van der Waals surface area contributed by atoms with Crippen LogP contribution < -0.4 is 5.32 Å². The highest BCUT2D eigenvalue weighted by atomic mass is 32.2. The van der Waals surface area contributed by atoms with Crippen LogP contribution in [0.4, 0.5) is 4.79 Å². The van der Waals surface area contributed by atoms with Gasteiger partial charge in [-0.25, -0.2) is 4.79 Å². The molecule has 2 atom stereocenters. The number of ether oxygens (including phenoxy) is 1. The zero-order chi connectivity index (χ0) is 18.3. The third kappa shape index (κ3) is 6.35. The van der Waals surface area contributed by atoms with Crippen LogP contribution in [0.2, 0.25) is 0 Å². The molecule has 132 valence electrons. The van der Waals surface area contributed by atoms with Crippen LogP contribution in [0, 0.1) is 5.92 Å². The fourth-order valence-corrected chi connectivity index (χ4v) is 2.99. The predicted octanol–water partition coefficient (Wildman–Crippen LogP) is 3.74. The van der Waals surface area contributed by atoms with E-state index in [1.165, 1.54) is 6.92 Å². The van der Waals surface area contributed by atoms with Gasteiger partial charge in [-0.2, -0.15) is 0 Å².